The molecule has 3 saturated heterocycles. The summed E-state index contributed by atoms with van der Waals surface area (Å²) in [6.45, 7) is 9.67. The van der Waals surface area contributed by atoms with Crippen molar-refractivity contribution in [2.24, 2.45) is 23.7 Å². The first-order valence-electron chi connectivity index (χ1n) is 15.5. The summed E-state index contributed by atoms with van der Waals surface area (Å²) >= 11 is 0. The molecule has 1 unspecified atom stereocenters. The van der Waals surface area contributed by atoms with E-state index in [-0.39, 0.29) is 43.2 Å². The first-order valence-corrected chi connectivity index (χ1v) is 15.5. The highest BCUT2D eigenvalue weighted by molar-refractivity contribution is 5.78. The van der Waals surface area contributed by atoms with E-state index in [1.807, 2.05) is 32.9 Å². The number of rotatable bonds is 2. The number of carbonyl (C=O) groups is 1. The molecule has 0 aromatic heterocycles. The second-order valence-corrected chi connectivity index (χ2v) is 13.4. The maximum Gasteiger partial charge on any atom is 0.316 e. The van der Waals surface area contributed by atoms with E-state index in [0.717, 1.165) is 12.0 Å². The van der Waals surface area contributed by atoms with Gasteiger partial charge in [0.25, 0.3) is 0 Å². The summed E-state index contributed by atoms with van der Waals surface area (Å²) in [5, 5.41) is 43.9. The van der Waals surface area contributed by atoms with Gasteiger partial charge in [-0.2, -0.15) is 0 Å². The van der Waals surface area contributed by atoms with Crippen LogP contribution < -0.4 is 0 Å². The van der Waals surface area contributed by atoms with Crippen LogP contribution in [0.4, 0.5) is 0 Å². The van der Waals surface area contributed by atoms with Crippen LogP contribution in [0.5, 0.6) is 0 Å². The van der Waals surface area contributed by atoms with Crippen LogP contribution in [0.15, 0.2) is 47.1 Å². The Morgan fingerprint density at radius 1 is 1.10 bits per heavy atom. The summed E-state index contributed by atoms with van der Waals surface area (Å²) in [6.07, 6.45) is 7.79. The van der Waals surface area contributed by atoms with Crippen molar-refractivity contribution in [3.8, 4) is 0 Å². The molecule has 0 radical (unpaired) electrons. The van der Waals surface area contributed by atoms with E-state index in [9.17, 15) is 25.2 Å². The summed E-state index contributed by atoms with van der Waals surface area (Å²) in [5.74, 6) is -2.69. The fraction of sp³-hybridized carbons (Fsp3) is 0.727. The molecule has 5 aliphatic rings. The highest BCUT2D eigenvalue weighted by Gasteiger charge is 2.60. The van der Waals surface area contributed by atoms with Crippen molar-refractivity contribution in [3.63, 3.8) is 0 Å². The third-order valence-corrected chi connectivity index (χ3v) is 10.1. The average molecular weight is 589 g/mol. The molecule has 0 aromatic rings. The molecule has 9 heteroatoms. The predicted octanol–water partition coefficient (Wildman–Crippen LogP) is 3.11. The maximum atomic E-state index is 13.9. The van der Waals surface area contributed by atoms with Crippen molar-refractivity contribution in [2.45, 2.75) is 115 Å². The van der Waals surface area contributed by atoms with Gasteiger partial charge in [-0.15, -0.1) is 0 Å². The number of fused-ring (bicyclic) bond motifs is 2. The van der Waals surface area contributed by atoms with Crippen molar-refractivity contribution in [2.75, 3.05) is 13.2 Å². The average Bonchev–Trinajstić information content (AvgIpc) is 3.30. The molecule has 3 fully saturated rings. The zero-order valence-electron chi connectivity index (χ0n) is 25.4. The number of carbonyl (C=O) groups excluding carboxylic acids is 1. The van der Waals surface area contributed by atoms with E-state index in [0.29, 0.717) is 36.8 Å². The van der Waals surface area contributed by atoms with E-state index in [4.69, 9.17) is 18.9 Å². The van der Waals surface area contributed by atoms with Crippen LogP contribution in [0.3, 0.4) is 0 Å². The molecule has 0 aromatic carbocycles. The summed E-state index contributed by atoms with van der Waals surface area (Å²) in [5.41, 5.74) is 0.0475. The molecule has 1 spiro atoms. The minimum Gasteiger partial charge on any atom is -0.462 e. The minimum atomic E-state index is -1.78. The number of ether oxygens (including phenoxy) is 4. The largest absolute Gasteiger partial charge is 0.462 e. The molecule has 4 heterocycles. The molecule has 0 saturated carbocycles. The molecule has 12 atom stereocenters. The molecule has 9 nitrogen and oxygen atoms in total. The maximum absolute atomic E-state index is 13.9. The Labute approximate surface area is 248 Å². The van der Waals surface area contributed by atoms with Crippen LogP contribution in [0, 0.1) is 23.7 Å². The van der Waals surface area contributed by atoms with E-state index in [2.05, 4.69) is 6.92 Å². The van der Waals surface area contributed by atoms with Gasteiger partial charge >= 0.3 is 5.97 Å². The molecular formula is C33H48O9. The Balaban J connectivity index is 1.53. The molecule has 1 aliphatic carbocycles. The lowest BCUT2D eigenvalue weighted by molar-refractivity contribution is -0.341. The summed E-state index contributed by atoms with van der Waals surface area (Å²) < 4.78 is 25.4. The van der Waals surface area contributed by atoms with Gasteiger partial charge in [0, 0.05) is 37.7 Å². The first kappa shape index (κ1) is 31.6. The van der Waals surface area contributed by atoms with Gasteiger partial charge in [-0.3, -0.25) is 4.79 Å². The van der Waals surface area contributed by atoms with Crippen molar-refractivity contribution < 1.29 is 44.2 Å². The van der Waals surface area contributed by atoms with E-state index < -0.39 is 47.7 Å². The summed E-state index contributed by atoms with van der Waals surface area (Å²) in [4.78, 5) is 13.9. The number of esters is 1. The molecule has 4 N–H and O–H groups in total. The van der Waals surface area contributed by atoms with Crippen LogP contribution in [-0.2, 0) is 23.7 Å². The van der Waals surface area contributed by atoms with Crippen LogP contribution >= 0.6 is 0 Å². The third kappa shape index (κ3) is 5.82. The van der Waals surface area contributed by atoms with Gasteiger partial charge in [-0.25, -0.2) is 0 Å². The molecule has 2 bridgehead atoms. The predicted molar refractivity (Wildman–Crippen MR) is 155 cm³/mol. The topological polar surface area (TPSA) is 135 Å². The Hall–Kier alpha value is -1.85. The Morgan fingerprint density at radius 2 is 1.86 bits per heavy atom. The number of aliphatic hydroxyl groups is 4. The normalized spacial score (nSPS) is 48.6. The van der Waals surface area contributed by atoms with E-state index >= 15 is 0 Å². The van der Waals surface area contributed by atoms with E-state index in [1.165, 1.54) is 0 Å². The van der Waals surface area contributed by atoms with Crippen molar-refractivity contribution in [1.82, 2.24) is 0 Å². The highest BCUT2D eigenvalue weighted by atomic mass is 16.7. The smallest absolute Gasteiger partial charge is 0.316 e. The SMILES string of the molecule is CC1=C[C@H]2C(=O)O[C@H]3C[C@@H](C/C=C(\C)[C@@H](O)[C@@H](C)/C=C/C=C4\CO[C@H](C1O)[C@@]42O)O[C@@]1(CC[C@H](C)[C@@H]([C@@H](C)CO)O1)C3. The Kier molecular flexibility index (Phi) is 9.22. The van der Waals surface area contributed by atoms with Gasteiger partial charge in [-0.1, -0.05) is 51.2 Å². The van der Waals surface area contributed by atoms with Gasteiger partial charge in [0.2, 0.25) is 0 Å². The van der Waals surface area contributed by atoms with Crippen molar-refractivity contribution in [1.29, 1.82) is 0 Å². The lowest BCUT2D eigenvalue weighted by atomic mass is 9.71. The Morgan fingerprint density at radius 3 is 2.60 bits per heavy atom. The lowest BCUT2D eigenvalue weighted by Crippen LogP contribution is -2.58. The van der Waals surface area contributed by atoms with Gasteiger partial charge in [0.15, 0.2) is 5.79 Å². The second-order valence-electron chi connectivity index (χ2n) is 13.4. The van der Waals surface area contributed by atoms with Gasteiger partial charge < -0.3 is 39.4 Å². The molecule has 5 rings (SSSR count). The summed E-state index contributed by atoms with van der Waals surface area (Å²) in [7, 11) is 0. The van der Waals surface area contributed by atoms with Crippen LogP contribution in [0.1, 0.15) is 66.7 Å². The standard InChI is InChI=1S/C33H48O9/c1-18-7-6-8-23-17-39-30-28(36)21(4)13-26(33(23,30)38)31(37)40-25-14-24(10-9-19(2)27(18)35)41-32(15-25)12-11-20(3)29(42-32)22(5)16-34/h6-9,13,18,20,22,24-30,34-36,38H,10-12,14-17H2,1-5H3/b7-6+,19-9+,23-8+/t18-,20-,22-,24+,25-,26-,27-,28?,29-,30+,32+,33+/m0/s1. The molecule has 4 aliphatic heterocycles. The third-order valence-electron chi connectivity index (χ3n) is 10.1. The van der Waals surface area contributed by atoms with Crippen LogP contribution in [0.25, 0.3) is 0 Å². The number of hydrogen-bond donors (Lipinski definition) is 4. The number of hydrogen-bond acceptors (Lipinski definition) is 9. The molecule has 0 amide bonds. The zero-order chi connectivity index (χ0) is 30.4. The Bertz CT molecular complexity index is 1140. The van der Waals surface area contributed by atoms with E-state index in [1.54, 1.807) is 25.2 Å². The van der Waals surface area contributed by atoms with Crippen molar-refractivity contribution >= 4 is 5.97 Å². The highest BCUT2D eigenvalue weighted by Crippen LogP contribution is 2.47. The molecular weight excluding hydrogens is 540 g/mol. The quantitative estimate of drug-likeness (QED) is 0.284. The van der Waals surface area contributed by atoms with Gasteiger partial charge in [0.05, 0.1) is 24.9 Å². The second kappa shape index (κ2) is 12.3. The molecule has 42 heavy (non-hydrogen) atoms. The fourth-order valence-corrected chi connectivity index (χ4v) is 7.42. The van der Waals surface area contributed by atoms with Crippen LogP contribution in [-0.4, -0.2) is 87.6 Å². The monoisotopic (exact) mass is 588 g/mol. The first-order chi connectivity index (χ1) is 19.9. The lowest BCUT2D eigenvalue weighted by Gasteiger charge is -2.51. The minimum absolute atomic E-state index is 0.00370. The van der Waals surface area contributed by atoms with Gasteiger partial charge in [-0.05, 0) is 49.3 Å². The fourth-order valence-electron chi connectivity index (χ4n) is 7.42. The van der Waals surface area contributed by atoms with Gasteiger partial charge in [0.1, 0.15) is 29.8 Å². The van der Waals surface area contributed by atoms with Crippen molar-refractivity contribution in [3.05, 3.63) is 47.1 Å². The zero-order valence-corrected chi connectivity index (χ0v) is 25.4. The molecule has 234 valence electrons. The number of aliphatic hydroxyl groups excluding tert-OH is 3. The summed E-state index contributed by atoms with van der Waals surface area (Å²) in [6, 6.07) is 0. The van der Waals surface area contributed by atoms with Crippen LogP contribution in [0.2, 0.25) is 0 Å². The number of allylic oxidation sites excluding steroid dienone is 2.